The monoisotopic (exact) mass is 232 g/mol. The topological polar surface area (TPSA) is 16.1 Å². The van der Waals surface area contributed by atoms with Crippen LogP contribution in [0.3, 0.4) is 0 Å². The van der Waals surface area contributed by atoms with E-state index < -0.39 is 0 Å². The van der Waals surface area contributed by atoms with Crippen LogP contribution in [0.1, 0.15) is 10.6 Å². The quantitative estimate of drug-likeness (QED) is 0.680. The molecule has 1 aromatic rings. The van der Waals surface area contributed by atoms with Crippen LogP contribution in [0.4, 0.5) is 0 Å². The third kappa shape index (κ3) is 1.48. The second kappa shape index (κ2) is 2.84. The molecule has 0 N–H and O–H groups in total. The number of hydrogen-bond acceptors (Lipinski definition) is 3. The smallest absolute Gasteiger partial charge is 0.159 e. The Hall–Kier alpha value is 0.0700. The second-order valence-corrected chi connectivity index (χ2v) is 5.18. The minimum Gasteiger partial charge on any atom is -0.300 e. The van der Waals surface area contributed by atoms with Gasteiger partial charge in [0.05, 0.1) is 5.69 Å². The fraction of sp³-hybridized carbons (Fsp3) is 0.571. The fourth-order valence-electron chi connectivity index (χ4n) is 1.30. The van der Waals surface area contributed by atoms with Crippen molar-refractivity contribution >= 4 is 27.3 Å². The summed E-state index contributed by atoms with van der Waals surface area (Å²) in [7, 11) is 2.14. The molecular weight excluding hydrogens is 224 g/mol. The number of rotatable bonds is 0. The average Bonchev–Trinajstić information content (AvgIpc) is 2.27. The molecule has 4 heteroatoms. The standard InChI is InChI=1S/C7H9BrN2S/c1-10-3-2-6-5(4-10)9-7(8)11-6/h2-4H2,1H3. The zero-order chi connectivity index (χ0) is 7.84. The maximum Gasteiger partial charge on any atom is 0.159 e. The summed E-state index contributed by atoms with van der Waals surface area (Å²) >= 11 is 5.17. The van der Waals surface area contributed by atoms with Crippen molar-refractivity contribution in [3.63, 3.8) is 0 Å². The maximum atomic E-state index is 4.40. The molecule has 0 aliphatic carbocycles. The Balaban J connectivity index is 2.34. The molecule has 0 aromatic carbocycles. The number of likely N-dealkylation sites (N-methyl/N-ethyl adjacent to an activating group) is 1. The van der Waals surface area contributed by atoms with Crippen molar-refractivity contribution < 1.29 is 0 Å². The summed E-state index contributed by atoms with van der Waals surface area (Å²) in [5, 5.41) is 0. The summed E-state index contributed by atoms with van der Waals surface area (Å²) in [6.45, 7) is 2.18. The van der Waals surface area contributed by atoms with Crippen LogP contribution in [0.5, 0.6) is 0 Å². The third-order valence-corrected chi connectivity index (χ3v) is 3.50. The largest absolute Gasteiger partial charge is 0.300 e. The van der Waals surface area contributed by atoms with Gasteiger partial charge in [0.2, 0.25) is 0 Å². The van der Waals surface area contributed by atoms with E-state index in [1.807, 2.05) is 0 Å². The van der Waals surface area contributed by atoms with Crippen molar-refractivity contribution in [1.29, 1.82) is 0 Å². The van der Waals surface area contributed by atoms with Crippen LogP contribution in [0.25, 0.3) is 0 Å². The Bertz CT molecular complexity index is 271. The number of fused-ring (bicyclic) bond motifs is 1. The summed E-state index contributed by atoms with van der Waals surface area (Å²) < 4.78 is 1.03. The van der Waals surface area contributed by atoms with Crippen molar-refractivity contribution in [1.82, 2.24) is 9.88 Å². The number of aromatic nitrogens is 1. The normalized spacial score (nSPS) is 18.4. The molecule has 0 bridgehead atoms. The Morgan fingerprint density at radius 1 is 1.64 bits per heavy atom. The van der Waals surface area contributed by atoms with Crippen LogP contribution >= 0.6 is 27.3 Å². The number of nitrogens with zero attached hydrogens (tertiary/aromatic N) is 2. The lowest BCUT2D eigenvalue weighted by molar-refractivity contribution is 0.310. The van der Waals surface area contributed by atoms with Gasteiger partial charge < -0.3 is 4.90 Å². The molecule has 0 unspecified atom stereocenters. The molecule has 0 saturated carbocycles. The zero-order valence-corrected chi connectivity index (χ0v) is 8.70. The highest BCUT2D eigenvalue weighted by molar-refractivity contribution is 9.11. The highest BCUT2D eigenvalue weighted by atomic mass is 79.9. The Kier molecular flexibility index (Phi) is 1.99. The van der Waals surface area contributed by atoms with Gasteiger partial charge in [0.1, 0.15) is 0 Å². The van der Waals surface area contributed by atoms with Crippen LogP contribution < -0.4 is 0 Å². The molecule has 2 rings (SSSR count). The Morgan fingerprint density at radius 2 is 2.45 bits per heavy atom. The average molecular weight is 233 g/mol. The van der Waals surface area contributed by atoms with E-state index in [1.165, 1.54) is 17.1 Å². The van der Waals surface area contributed by atoms with E-state index in [9.17, 15) is 0 Å². The van der Waals surface area contributed by atoms with Crippen LogP contribution in [-0.2, 0) is 13.0 Å². The van der Waals surface area contributed by atoms with Crippen LogP contribution in [0.2, 0.25) is 0 Å². The molecule has 0 spiro atoms. The first-order valence-electron chi connectivity index (χ1n) is 3.58. The molecule has 0 saturated heterocycles. The number of hydrogen-bond donors (Lipinski definition) is 0. The molecule has 2 heterocycles. The van der Waals surface area contributed by atoms with Crippen LogP contribution in [0.15, 0.2) is 3.92 Å². The first-order chi connectivity index (χ1) is 5.25. The van der Waals surface area contributed by atoms with Crippen molar-refractivity contribution in [3.05, 3.63) is 14.5 Å². The predicted molar refractivity (Wildman–Crippen MR) is 49.9 cm³/mol. The lowest BCUT2D eigenvalue weighted by atomic mass is 10.2. The lowest BCUT2D eigenvalue weighted by Crippen LogP contribution is -2.25. The SMILES string of the molecule is CN1CCc2sc(Br)nc2C1. The molecule has 1 aromatic heterocycles. The van der Waals surface area contributed by atoms with Gasteiger partial charge >= 0.3 is 0 Å². The molecule has 11 heavy (non-hydrogen) atoms. The minimum atomic E-state index is 1.01. The minimum absolute atomic E-state index is 1.01. The first kappa shape index (κ1) is 7.71. The summed E-state index contributed by atoms with van der Waals surface area (Å²) in [5.74, 6) is 0. The van der Waals surface area contributed by atoms with Gasteiger partial charge in [-0.15, -0.1) is 11.3 Å². The highest BCUT2D eigenvalue weighted by Crippen LogP contribution is 2.27. The zero-order valence-electron chi connectivity index (χ0n) is 6.30. The number of thiazole rings is 1. The Labute approximate surface area is 78.4 Å². The molecule has 0 amide bonds. The summed E-state index contributed by atoms with van der Waals surface area (Å²) in [5.41, 5.74) is 1.26. The van der Waals surface area contributed by atoms with E-state index in [1.54, 1.807) is 11.3 Å². The van der Waals surface area contributed by atoms with Gasteiger partial charge in [0.15, 0.2) is 3.92 Å². The second-order valence-electron chi connectivity index (χ2n) is 2.82. The predicted octanol–water partition coefficient (Wildman–Crippen LogP) is 1.89. The van der Waals surface area contributed by atoms with Gasteiger partial charge in [-0.2, -0.15) is 0 Å². The molecule has 0 atom stereocenters. The first-order valence-corrected chi connectivity index (χ1v) is 5.19. The third-order valence-electron chi connectivity index (χ3n) is 1.89. The molecule has 0 radical (unpaired) electrons. The van der Waals surface area contributed by atoms with Gasteiger partial charge in [-0.1, -0.05) is 0 Å². The van der Waals surface area contributed by atoms with E-state index in [0.29, 0.717) is 0 Å². The van der Waals surface area contributed by atoms with Gasteiger partial charge in [0, 0.05) is 18.0 Å². The Morgan fingerprint density at radius 3 is 3.27 bits per heavy atom. The molecule has 60 valence electrons. The van der Waals surface area contributed by atoms with Gasteiger partial charge in [0.25, 0.3) is 0 Å². The fourth-order valence-corrected chi connectivity index (χ4v) is 2.88. The molecule has 1 aliphatic heterocycles. The van der Waals surface area contributed by atoms with Gasteiger partial charge in [-0.3, -0.25) is 0 Å². The summed E-state index contributed by atoms with van der Waals surface area (Å²) in [6, 6.07) is 0. The number of halogens is 1. The lowest BCUT2D eigenvalue weighted by Gasteiger charge is -2.20. The van der Waals surface area contributed by atoms with Crippen molar-refractivity contribution in [2.45, 2.75) is 13.0 Å². The summed E-state index contributed by atoms with van der Waals surface area (Å²) in [4.78, 5) is 8.15. The van der Waals surface area contributed by atoms with Crippen LogP contribution in [-0.4, -0.2) is 23.5 Å². The van der Waals surface area contributed by atoms with E-state index in [4.69, 9.17) is 0 Å². The van der Waals surface area contributed by atoms with E-state index >= 15 is 0 Å². The molecule has 1 aliphatic rings. The highest BCUT2D eigenvalue weighted by Gasteiger charge is 2.16. The summed E-state index contributed by atoms with van der Waals surface area (Å²) in [6.07, 6.45) is 1.16. The van der Waals surface area contributed by atoms with Gasteiger partial charge in [-0.25, -0.2) is 4.98 Å². The van der Waals surface area contributed by atoms with Crippen molar-refractivity contribution in [2.75, 3.05) is 13.6 Å². The van der Waals surface area contributed by atoms with Crippen molar-refractivity contribution in [3.8, 4) is 0 Å². The van der Waals surface area contributed by atoms with E-state index in [2.05, 4.69) is 32.9 Å². The van der Waals surface area contributed by atoms with E-state index in [0.717, 1.165) is 16.9 Å². The van der Waals surface area contributed by atoms with E-state index in [-0.39, 0.29) is 0 Å². The van der Waals surface area contributed by atoms with Gasteiger partial charge in [-0.05, 0) is 29.4 Å². The molecule has 0 fully saturated rings. The van der Waals surface area contributed by atoms with Crippen molar-refractivity contribution in [2.24, 2.45) is 0 Å². The molecule has 2 nitrogen and oxygen atoms in total. The molecular formula is C7H9BrN2S. The maximum absolute atomic E-state index is 4.40. The van der Waals surface area contributed by atoms with Crippen LogP contribution in [0, 0.1) is 0 Å².